The normalized spacial score (nSPS) is 23.3. The second-order valence-corrected chi connectivity index (χ2v) is 40.0. The zero-order chi connectivity index (χ0) is 100. The minimum atomic E-state index is -0.361. The van der Waals surface area contributed by atoms with Gasteiger partial charge in [-0.15, -0.1) is 0 Å². The molecule has 0 saturated heterocycles. The van der Waals surface area contributed by atoms with Crippen molar-refractivity contribution in [2.45, 2.75) is 208 Å². The molecule has 0 aromatic heterocycles. The van der Waals surface area contributed by atoms with Crippen molar-refractivity contribution in [2.75, 3.05) is 60.0 Å². The van der Waals surface area contributed by atoms with Gasteiger partial charge in [0.05, 0.1) is 45.7 Å². The third kappa shape index (κ3) is 33.4. The quantitative estimate of drug-likeness (QED) is 0.0201. The molecular weight excluding hydrogens is 1790 g/mol. The predicted octanol–water partition coefficient (Wildman–Crippen LogP) is 30.7. The maximum Gasteiger partial charge on any atom is 0.197 e. The van der Waals surface area contributed by atoms with Crippen LogP contribution in [0.5, 0.6) is 69.0 Å². The largest absolute Gasteiger partial charge is 0.497 e. The van der Waals surface area contributed by atoms with Gasteiger partial charge in [-0.05, 0) is 414 Å². The number of benzene rings is 10. The van der Waals surface area contributed by atoms with Crippen LogP contribution in [-0.4, -0.2) is 103 Å². The van der Waals surface area contributed by atoms with Crippen LogP contribution < -0.4 is 52.1 Å². The summed E-state index contributed by atoms with van der Waals surface area (Å²) >= 11 is 0. The van der Waals surface area contributed by atoms with Crippen LogP contribution in [0.1, 0.15) is 198 Å². The Morgan fingerprint density at radius 1 is 0.294 bits per heavy atom. The summed E-state index contributed by atoms with van der Waals surface area (Å²) in [4.78, 5) is 0. The molecule has 143 heavy (non-hydrogen) atoms. The van der Waals surface area contributed by atoms with E-state index >= 15 is 0 Å². The first kappa shape index (κ1) is 107. The lowest BCUT2D eigenvalue weighted by molar-refractivity contribution is -0.225. The van der Waals surface area contributed by atoms with Crippen molar-refractivity contribution in [3.05, 3.63) is 328 Å². The number of ether oxygens (including phenoxy) is 17. The molecule has 0 aliphatic heterocycles. The van der Waals surface area contributed by atoms with Crippen molar-refractivity contribution in [1.82, 2.24) is 0 Å². The molecule has 16 unspecified atom stereocenters. The fourth-order valence-corrected chi connectivity index (χ4v) is 23.3. The molecule has 10 aromatic carbocycles. The van der Waals surface area contributed by atoms with Crippen molar-refractivity contribution in [3.8, 4) is 69.0 Å². The number of hydrogen-bond acceptors (Lipinski definition) is 17. The highest BCUT2D eigenvalue weighted by Crippen LogP contribution is 2.69. The summed E-state index contributed by atoms with van der Waals surface area (Å²) in [7, 11) is 1.64. The number of rotatable bonds is 46. The lowest BCUT2D eigenvalue weighted by Crippen LogP contribution is -2.53. The van der Waals surface area contributed by atoms with E-state index in [1.807, 2.05) is 328 Å². The van der Waals surface area contributed by atoms with Gasteiger partial charge in [0.15, 0.2) is 37.7 Å². The lowest BCUT2D eigenvalue weighted by Gasteiger charge is -2.56. The third-order valence-corrected chi connectivity index (χ3v) is 29.5. The second-order valence-electron chi connectivity index (χ2n) is 40.0. The summed E-state index contributed by atoms with van der Waals surface area (Å²) < 4.78 is 97.6. The van der Waals surface area contributed by atoms with Gasteiger partial charge >= 0.3 is 0 Å². The monoisotopic (exact) mass is 1940 g/mol. The van der Waals surface area contributed by atoms with Crippen LogP contribution in [0, 0.1) is 76.9 Å². The van der Waals surface area contributed by atoms with Crippen LogP contribution in [0.4, 0.5) is 0 Å². The molecule has 0 amide bonds. The van der Waals surface area contributed by atoms with Gasteiger partial charge in [-0.1, -0.05) is 191 Å². The highest BCUT2D eigenvalue weighted by Gasteiger charge is 2.62. The van der Waals surface area contributed by atoms with Crippen molar-refractivity contribution in [3.63, 3.8) is 0 Å². The van der Waals surface area contributed by atoms with Gasteiger partial charge in [-0.2, -0.15) is 0 Å². The van der Waals surface area contributed by atoms with E-state index in [9.17, 15) is 0 Å². The van der Waals surface area contributed by atoms with Crippen molar-refractivity contribution < 1.29 is 80.5 Å². The van der Waals surface area contributed by atoms with Crippen molar-refractivity contribution >= 4 is 35.5 Å². The minimum absolute atomic E-state index is 0.106. The standard InChI is InChI=1S/C24H24O4.C24H32O2.C20H24O4.C20H26O2.C19H22O3.C19H26O2/c1-3-20-9-11-23(12-10-20)27-19(2)25-17-18-26-21-13-15-24(16-14-21)28-22-7-5-4-6-8-22;1-3-16-4-8-21(9-5-16)26-15(2)25-11-10-17-12-20-14-22(17)24-19-7-6-18(13-19)23(20)24;1-15(2)17-5-7-20(8-6-17)24-16(3)22-13-14-23-19-11-9-18(21-4)10-12-19;1-3-15-4-6-19(7-5-15)21-14(2)22-20-11-16-8-17(12-20)10-18(9-16)13-20;1-15(2)17-9-11-19(12-10-17)22-16(3)20-13-14-21-18-7-5-4-6-8-18;1-3-15-5-8-19(9-6-15)21-14(2)20-11-10-18-13-16-4-7-17(18)12-16/h3-16,19H,1,17-18H2,2H3;3-5,8-9,15,17-20,22-24H,1,6-7,10-14H2,2H3;5-12,16H,1,13-14H2,2-4H3;3-7,14,16-18H,1,8-13H2,2H3;4-12,16H,1,13-14H2,2-3H3;3,5-6,8-9,14,16-18H,1,4,7,10-13H2,2H3. The molecule has 0 heterocycles. The number of para-hydroxylation sites is 2. The third-order valence-electron chi connectivity index (χ3n) is 29.5. The molecule has 10 aliphatic carbocycles. The molecule has 10 bridgehead atoms. The summed E-state index contributed by atoms with van der Waals surface area (Å²) in [5.74, 6) is 22.7. The van der Waals surface area contributed by atoms with Gasteiger partial charge in [0.1, 0.15) is 88.8 Å². The molecule has 0 radical (unpaired) electrons. The van der Waals surface area contributed by atoms with Gasteiger partial charge in [0.25, 0.3) is 0 Å². The number of methoxy groups -OCH3 is 1. The Morgan fingerprint density at radius 3 is 0.979 bits per heavy atom. The Balaban J connectivity index is 0.000000137. The maximum absolute atomic E-state index is 6.47. The van der Waals surface area contributed by atoms with Crippen LogP contribution in [0.15, 0.2) is 294 Å². The van der Waals surface area contributed by atoms with Crippen LogP contribution >= 0.6 is 0 Å². The zero-order valence-electron chi connectivity index (χ0n) is 85.9. The van der Waals surface area contributed by atoms with E-state index < -0.39 is 0 Å². The first-order valence-corrected chi connectivity index (χ1v) is 52.2. The molecule has 20 rings (SSSR count). The first-order valence-electron chi connectivity index (χ1n) is 52.2. The van der Waals surface area contributed by atoms with Gasteiger partial charge < -0.3 is 80.5 Å². The SMILES string of the molecule is C=C(C)c1ccc(OC(C)OCCOc2ccc(OC)cc2)cc1.C=C(C)c1ccc(OC(C)OCCOc2ccccc2)cc1.C=Cc1ccc(OC(C)OC23CC4CC(CC(C4)C2)C3)cc1.C=Cc1ccc(OC(C)OCCC2CC3CC2C2C4CCC(C4)C32)cc1.C=Cc1ccc(OC(C)OCCC2CC3CCC2C3)cc1.C=Cc1ccc(OC(C)OCCOc2ccc(Oc3ccccc3)cc2)cc1. The van der Waals surface area contributed by atoms with Gasteiger partial charge in [0, 0.05) is 0 Å². The van der Waals surface area contributed by atoms with E-state index in [0.717, 1.165) is 204 Å². The Morgan fingerprint density at radius 2 is 0.615 bits per heavy atom. The van der Waals surface area contributed by atoms with Crippen molar-refractivity contribution in [2.24, 2.45) is 76.9 Å². The molecule has 760 valence electrons. The van der Waals surface area contributed by atoms with E-state index in [1.165, 1.54) is 96.3 Å². The van der Waals surface area contributed by atoms with E-state index in [-0.39, 0.29) is 43.3 Å². The van der Waals surface area contributed by atoms with E-state index in [1.54, 1.807) is 26.0 Å². The molecule has 17 nitrogen and oxygen atoms in total. The Labute approximate surface area is 852 Å². The van der Waals surface area contributed by atoms with Crippen LogP contribution in [-0.2, 0) is 28.4 Å². The first-order chi connectivity index (χ1) is 69.6. The number of fused-ring (bicyclic) bond motifs is 11. The molecule has 10 aliphatic rings. The number of allylic oxidation sites excluding steroid dienone is 2. The molecule has 0 N–H and O–H groups in total. The fraction of sp³-hybridized carbons (Fsp3) is 0.429. The summed E-state index contributed by atoms with van der Waals surface area (Å²) in [6, 6.07) is 81.6. The van der Waals surface area contributed by atoms with E-state index in [4.69, 9.17) is 80.5 Å². The Bertz CT molecular complexity index is 5420. The molecule has 17 heteroatoms. The summed E-state index contributed by atoms with van der Waals surface area (Å²) in [5, 5.41) is 0. The summed E-state index contributed by atoms with van der Waals surface area (Å²) in [6.45, 7) is 42.8. The zero-order valence-corrected chi connectivity index (χ0v) is 85.9. The highest BCUT2D eigenvalue weighted by molar-refractivity contribution is 5.63. The van der Waals surface area contributed by atoms with E-state index in [0.29, 0.717) is 39.6 Å². The lowest BCUT2D eigenvalue weighted by atomic mass is 9.54. The maximum atomic E-state index is 6.47. The van der Waals surface area contributed by atoms with Crippen LogP contribution in [0.3, 0.4) is 0 Å². The summed E-state index contributed by atoms with van der Waals surface area (Å²) in [6.07, 6.45) is 29.8. The molecule has 10 fully saturated rings. The van der Waals surface area contributed by atoms with Crippen LogP contribution in [0.2, 0.25) is 0 Å². The van der Waals surface area contributed by atoms with Crippen LogP contribution in [0.25, 0.3) is 35.5 Å². The Kier molecular flexibility index (Phi) is 41.0. The van der Waals surface area contributed by atoms with E-state index in [2.05, 4.69) is 39.5 Å². The van der Waals surface area contributed by atoms with Gasteiger partial charge in [-0.25, -0.2) is 0 Å². The number of hydrogen-bond donors (Lipinski definition) is 0. The van der Waals surface area contributed by atoms with Gasteiger partial charge in [-0.3, -0.25) is 0 Å². The highest BCUT2D eigenvalue weighted by atomic mass is 16.7. The predicted molar refractivity (Wildman–Crippen MR) is 575 cm³/mol. The molecular formula is C126H154O17. The molecule has 16 atom stereocenters. The smallest absolute Gasteiger partial charge is 0.197 e. The molecule has 10 aromatic rings. The Hall–Kier alpha value is -11.8. The van der Waals surface area contributed by atoms with Crippen molar-refractivity contribution in [1.29, 1.82) is 0 Å². The van der Waals surface area contributed by atoms with Gasteiger partial charge in [0.2, 0.25) is 0 Å². The molecule has 10 saturated carbocycles. The molecule has 0 spiro atoms. The second kappa shape index (κ2) is 54.8. The topological polar surface area (TPSA) is 157 Å². The average Bonchev–Trinajstić information content (AvgIpc) is 1.57. The average molecular weight is 1940 g/mol. The fourth-order valence-electron chi connectivity index (χ4n) is 23.3. The summed E-state index contributed by atoms with van der Waals surface area (Å²) in [5.41, 5.74) is 8.76. The minimum Gasteiger partial charge on any atom is -0.497 e.